The Morgan fingerprint density at radius 3 is 3.26 bits per heavy atom. The summed E-state index contributed by atoms with van der Waals surface area (Å²) in [5.74, 6) is 0.731. The highest BCUT2D eigenvalue weighted by Gasteiger charge is 2.15. The fraction of sp³-hybridized carbons (Fsp3) is 0.583. The number of nitrogens with one attached hydrogen (secondary N) is 2. The average Bonchev–Trinajstić information content (AvgIpc) is 2.46. The highest BCUT2D eigenvalue weighted by molar-refractivity contribution is 5.80. The molecule has 104 valence electrons. The molecule has 1 unspecified atom stereocenters. The van der Waals surface area contributed by atoms with E-state index in [0.29, 0.717) is 18.4 Å². The van der Waals surface area contributed by atoms with Gasteiger partial charge in [-0.05, 0) is 12.8 Å². The first-order valence-electron chi connectivity index (χ1n) is 6.26. The molecule has 1 amide bonds. The molecule has 1 atom stereocenters. The Morgan fingerprint density at radius 1 is 1.63 bits per heavy atom. The van der Waals surface area contributed by atoms with Gasteiger partial charge >= 0.3 is 0 Å². The molecule has 1 aromatic rings. The van der Waals surface area contributed by atoms with Crippen molar-refractivity contribution in [1.82, 2.24) is 15.3 Å². The summed E-state index contributed by atoms with van der Waals surface area (Å²) in [6.45, 7) is 1.49. The zero-order chi connectivity index (χ0) is 13.5. The minimum Gasteiger partial charge on any atom is -0.481 e. The molecule has 19 heavy (non-hydrogen) atoms. The highest BCUT2D eigenvalue weighted by atomic mass is 16.5. The summed E-state index contributed by atoms with van der Waals surface area (Å²) in [5, 5.41) is 5.76. The number of methoxy groups -OCH3 is 1. The molecule has 2 heterocycles. The third-order valence-electron chi connectivity index (χ3n) is 2.77. The standard InChI is InChI=1S/C12H18N4O3/c1-18-11-4-5-13-12(16-11)14-7-10(17)15-9-3-2-6-19-8-9/h4-5,9H,2-3,6-8H2,1H3,(H,15,17)(H,13,14,16). The predicted octanol–water partition coefficient (Wildman–Crippen LogP) is 0.192. The number of rotatable bonds is 5. The van der Waals surface area contributed by atoms with Crippen LogP contribution in [-0.2, 0) is 9.53 Å². The van der Waals surface area contributed by atoms with Crippen molar-refractivity contribution in [2.24, 2.45) is 0 Å². The molecule has 1 saturated heterocycles. The van der Waals surface area contributed by atoms with Crippen molar-refractivity contribution in [3.8, 4) is 5.88 Å². The van der Waals surface area contributed by atoms with Gasteiger partial charge < -0.3 is 20.1 Å². The van der Waals surface area contributed by atoms with Crippen LogP contribution in [0, 0.1) is 0 Å². The number of amides is 1. The molecule has 0 radical (unpaired) electrons. The molecule has 2 N–H and O–H groups in total. The fourth-order valence-corrected chi connectivity index (χ4v) is 1.83. The van der Waals surface area contributed by atoms with E-state index >= 15 is 0 Å². The Kier molecular flexibility index (Phi) is 4.91. The lowest BCUT2D eigenvalue weighted by molar-refractivity contribution is -0.121. The Labute approximate surface area is 111 Å². The number of carbonyl (C=O) groups excluding carboxylic acids is 1. The van der Waals surface area contributed by atoms with Crippen LogP contribution in [0.4, 0.5) is 5.95 Å². The Balaban J connectivity index is 1.76. The number of hydrogen-bond acceptors (Lipinski definition) is 6. The first-order chi connectivity index (χ1) is 9.28. The third kappa shape index (κ3) is 4.36. The Bertz CT molecular complexity index is 421. The summed E-state index contributed by atoms with van der Waals surface area (Å²) in [6.07, 6.45) is 3.51. The van der Waals surface area contributed by atoms with Crippen molar-refractivity contribution in [2.75, 3.05) is 32.2 Å². The van der Waals surface area contributed by atoms with Crippen LogP contribution in [-0.4, -0.2) is 48.8 Å². The smallest absolute Gasteiger partial charge is 0.239 e. The average molecular weight is 266 g/mol. The third-order valence-corrected chi connectivity index (χ3v) is 2.77. The van der Waals surface area contributed by atoms with Gasteiger partial charge in [-0.25, -0.2) is 4.98 Å². The molecule has 1 fully saturated rings. The predicted molar refractivity (Wildman–Crippen MR) is 69.1 cm³/mol. The summed E-state index contributed by atoms with van der Waals surface area (Å²) in [6, 6.07) is 1.75. The molecule has 0 bridgehead atoms. The number of ether oxygens (including phenoxy) is 2. The molecular formula is C12H18N4O3. The van der Waals surface area contributed by atoms with E-state index in [0.717, 1.165) is 19.4 Å². The van der Waals surface area contributed by atoms with Crippen molar-refractivity contribution in [2.45, 2.75) is 18.9 Å². The maximum Gasteiger partial charge on any atom is 0.239 e. The maximum atomic E-state index is 11.7. The van der Waals surface area contributed by atoms with Gasteiger partial charge in [0.05, 0.1) is 26.3 Å². The Hall–Kier alpha value is -1.89. The van der Waals surface area contributed by atoms with Crippen LogP contribution in [0.3, 0.4) is 0 Å². The maximum absolute atomic E-state index is 11.7. The monoisotopic (exact) mass is 266 g/mol. The first-order valence-corrected chi connectivity index (χ1v) is 6.26. The topological polar surface area (TPSA) is 85.4 Å². The van der Waals surface area contributed by atoms with E-state index < -0.39 is 0 Å². The molecule has 1 aliphatic rings. The lowest BCUT2D eigenvalue weighted by atomic mass is 10.1. The molecule has 0 aliphatic carbocycles. The van der Waals surface area contributed by atoms with E-state index in [1.807, 2.05) is 0 Å². The number of aromatic nitrogens is 2. The van der Waals surface area contributed by atoms with Crippen LogP contribution in [0.1, 0.15) is 12.8 Å². The molecule has 0 spiro atoms. The van der Waals surface area contributed by atoms with Crippen molar-refractivity contribution < 1.29 is 14.3 Å². The van der Waals surface area contributed by atoms with Crippen LogP contribution in [0.25, 0.3) is 0 Å². The SMILES string of the molecule is COc1ccnc(NCC(=O)NC2CCCOC2)n1. The van der Waals surface area contributed by atoms with Gasteiger partial charge in [0.1, 0.15) is 0 Å². The minimum absolute atomic E-state index is 0.0954. The van der Waals surface area contributed by atoms with Gasteiger partial charge in [-0.3, -0.25) is 4.79 Å². The minimum atomic E-state index is -0.0954. The molecule has 0 aromatic carbocycles. The van der Waals surface area contributed by atoms with Crippen molar-refractivity contribution in [3.63, 3.8) is 0 Å². The van der Waals surface area contributed by atoms with Gasteiger partial charge in [-0.1, -0.05) is 0 Å². The molecule has 1 aliphatic heterocycles. The highest BCUT2D eigenvalue weighted by Crippen LogP contribution is 2.07. The molecule has 2 rings (SSSR count). The van der Waals surface area contributed by atoms with Crippen LogP contribution in [0.2, 0.25) is 0 Å². The van der Waals surface area contributed by atoms with Gasteiger partial charge in [-0.15, -0.1) is 0 Å². The van der Waals surface area contributed by atoms with E-state index in [9.17, 15) is 4.79 Å². The van der Waals surface area contributed by atoms with E-state index in [1.165, 1.54) is 7.11 Å². The first kappa shape index (κ1) is 13.5. The summed E-state index contributed by atoms with van der Waals surface area (Å²) in [5.41, 5.74) is 0. The summed E-state index contributed by atoms with van der Waals surface area (Å²) in [7, 11) is 1.53. The van der Waals surface area contributed by atoms with Crippen molar-refractivity contribution in [1.29, 1.82) is 0 Å². The van der Waals surface area contributed by atoms with E-state index in [-0.39, 0.29) is 18.5 Å². The second-order valence-corrected chi connectivity index (χ2v) is 4.26. The summed E-state index contributed by atoms with van der Waals surface area (Å²) >= 11 is 0. The second-order valence-electron chi connectivity index (χ2n) is 4.26. The molecule has 1 aromatic heterocycles. The normalized spacial score (nSPS) is 18.7. The van der Waals surface area contributed by atoms with Gasteiger partial charge in [0.25, 0.3) is 0 Å². The van der Waals surface area contributed by atoms with Crippen LogP contribution in [0.15, 0.2) is 12.3 Å². The van der Waals surface area contributed by atoms with E-state index in [4.69, 9.17) is 9.47 Å². The zero-order valence-corrected chi connectivity index (χ0v) is 10.9. The van der Waals surface area contributed by atoms with Crippen LogP contribution >= 0.6 is 0 Å². The van der Waals surface area contributed by atoms with Crippen molar-refractivity contribution >= 4 is 11.9 Å². The van der Waals surface area contributed by atoms with Gasteiger partial charge in [0, 0.05) is 18.9 Å². The van der Waals surface area contributed by atoms with Crippen molar-refractivity contribution in [3.05, 3.63) is 12.3 Å². The zero-order valence-electron chi connectivity index (χ0n) is 10.9. The van der Waals surface area contributed by atoms with Crippen LogP contribution < -0.4 is 15.4 Å². The lowest BCUT2D eigenvalue weighted by Gasteiger charge is -2.23. The largest absolute Gasteiger partial charge is 0.481 e. The lowest BCUT2D eigenvalue weighted by Crippen LogP contribution is -2.43. The Morgan fingerprint density at radius 2 is 2.53 bits per heavy atom. The fourth-order valence-electron chi connectivity index (χ4n) is 1.83. The number of nitrogens with zero attached hydrogens (tertiary/aromatic N) is 2. The van der Waals surface area contributed by atoms with Gasteiger partial charge in [0.2, 0.25) is 17.7 Å². The van der Waals surface area contributed by atoms with E-state index in [2.05, 4.69) is 20.6 Å². The van der Waals surface area contributed by atoms with Gasteiger partial charge in [0.15, 0.2) is 0 Å². The van der Waals surface area contributed by atoms with Gasteiger partial charge in [-0.2, -0.15) is 4.98 Å². The molecular weight excluding hydrogens is 248 g/mol. The number of carbonyl (C=O) groups is 1. The quantitative estimate of drug-likeness (QED) is 0.791. The summed E-state index contributed by atoms with van der Waals surface area (Å²) < 4.78 is 10.3. The number of anilines is 1. The summed E-state index contributed by atoms with van der Waals surface area (Å²) in [4.78, 5) is 19.8. The number of hydrogen-bond donors (Lipinski definition) is 2. The molecule has 7 nitrogen and oxygen atoms in total. The van der Waals surface area contributed by atoms with Crippen LogP contribution in [0.5, 0.6) is 5.88 Å². The molecule has 0 saturated carbocycles. The molecule has 7 heteroatoms. The second kappa shape index (κ2) is 6.89. The van der Waals surface area contributed by atoms with E-state index in [1.54, 1.807) is 12.3 Å².